The van der Waals surface area contributed by atoms with Crippen LogP contribution in [0.3, 0.4) is 0 Å². The van der Waals surface area contributed by atoms with Gasteiger partial charge in [-0.15, -0.1) is 0 Å². The third kappa shape index (κ3) is 0.926. The van der Waals surface area contributed by atoms with Crippen molar-refractivity contribution < 1.29 is 13.2 Å². The summed E-state index contributed by atoms with van der Waals surface area (Å²) in [4.78, 5) is -0.764. The minimum Gasteiger partial charge on any atom is -0.223 e. The monoisotopic (exact) mass is 266 g/mol. The Morgan fingerprint density at radius 1 is 1.33 bits per heavy atom. The second kappa shape index (κ2) is 1.87. The first-order valence-electron chi connectivity index (χ1n) is 2.27. The quantitative estimate of drug-likeness (QED) is 0.592. The number of hydrogen-bond donors (Lipinski definition) is 0. The molecule has 0 heterocycles. The first kappa shape index (κ1) is 7.85. The van der Waals surface area contributed by atoms with Crippen molar-refractivity contribution in [3.8, 4) is 0 Å². The maximum absolute atomic E-state index is 12.5. The van der Waals surface area contributed by atoms with Crippen LogP contribution >= 0.6 is 31.9 Å². The SMILES string of the molecule is FC1(F)CC(Br)C1(F)Br. The Kier molecular flexibility index (Phi) is 1.63. The predicted octanol–water partition coefficient (Wildman–Crippen LogP) is 2.85. The number of halogens is 5. The molecule has 0 amide bonds. The lowest BCUT2D eigenvalue weighted by molar-refractivity contribution is -0.150. The van der Waals surface area contributed by atoms with Gasteiger partial charge in [0.05, 0.1) is 4.83 Å². The number of alkyl halides is 5. The molecule has 0 aromatic rings. The van der Waals surface area contributed by atoms with Gasteiger partial charge in [-0.25, -0.2) is 13.2 Å². The Labute approximate surface area is 67.1 Å². The van der Waals surface area contributed by atoms with Gasteiger partial charge in [0.2, 0.25) is 4.58 Å². The molecule has 9 heavy (non-hydrogen) atoms. The normalized spacial score (nSPS) is 48.3. The molecule has 0 aromatic heterocycles. The van der Waals surface area contributed by atoms with Crippen LogP contribution in [0.2, 0.25) is 0 Å². The van der Waals surface area contributed by atoms with Crippen molar-refractivity contribution in [2.24, 2.45) is 0 Å². The zero-order valence-electron chi connectivity index (χ0n) is 4.17. The minimum absolute atomic E-state index is 0.436. The molecule has 1 saturated carbocycles. The van der Waals surface area contributed by atoms with Crippen molar-refractivity contribution >= 4 is 31.9 Å². The summed E-state index contributed by atoms with van der Waals surface area (Å²) in [7, 11) is 0. The molecule has 1 aliphatic carbocycles. The van der Waals surface area contributed by atoms with Crippen molar-refractivity contribution in [1.82, 2.24) is 0 Å². The largest absolute Gasteiger partial charge is 0.293 e. The van der Waals surface area contributed by atoms with Crippen LogP contribution < -0.4 is 0 Å². The molecule has 0 bridgehead atoms. The molecular weight excluding hydrogens is 265 g/mol. The van der Waals surface area contributed by atoms with Crippen LogP contribution in [0.25, 0.3) is 0 Å². The van der Waals surface area contributed by atoms with Crippen LogP contribution in [0.15, 0.2) is 0 Å². The molecule has 0 nitrogen and oxygen atoms in total. The molecule has 0 spiro atoms. The third-order valence-corrected chi connectivity index (χ3v) is 4.02. The van der Waals surface area contributed by atoms with Crippen LogP contribution in [0.1, 0.15) is 6.42 Å². The number of rotatable bonds is 0. The summed E-state index contributed by atoms with van der Waals surface area (Å²) in [6.07, 6.45) is -0.436. The molecule has 0 aliphatic heterocycles. The van der Waals surface area contributed by atoms with E-state index >= 15 is 0 Å². The molecule has 54 valence electrons. The first-order valence-corrected chi connectivity index (χ1v) is 3.98. The lowest BCUT2D eigenvalue weighted by atomic mass is 9.92. The van der Waals surface area contributed by atoms with E-state index in [1.165, 1.54) is 0 Å². The molecule has 2 atom stereocenters. The highest BCUT2D eigenvalue weighted by Crippen LogP contribution is 2.57. The van der Waals surface area contributed by atoms with Crippen molar-refractivity contribution in [1.29, 1.82) is 0 Å². The molecule has 0 saturated heterocycles. The molecular formula is C4H3Br2F3. The Bertz CT molecular complexity index is 134. The fraction of sp³-hybridized carbons (Fsp3) is 1.00. The molecule has 0 radical (unpaired) electrons. The van der Waals surface area contributed by atoms with Gasteiger partial charge in [-0.2, -0.15) is 0 Å². The fourth-order valence-corrected chi connectivity index (χ4v) is 1.65. The first-order chi connectivity index (χ1) is 3.88. The molecule has 1 fully saturated rings. The van der Waals surface area contributed by atoms with Crippen molar-refractivity contribution in [2.45, 2.75) is 21.7 Å². The number of hydrogen-bond acceptors (Lipinski definition) is 0. The van der Waals surface area contributed by atoms with E-state index in [0.717, 1.165) is 0 Å². The van der Waals surface area contributed by atoms with E-state index in [4.69, 9.17) is 0 Å². The van der Waals surface area contributed by atoms with E-state index < -0.39 is 21.7 Å². The predicted molar refractivity (Wildman–Crippen MR) is 35.0 cm³/mol. The standard InChI is InChI=1S/C4H3Br2F3/c5-2-1-3(7,8)4(2,6)9/h2H,1H2. The van der Waals surface area contributed by atoms with E-state index in [2.05, 4.69) is 31.9 Å². The van der Waals surface area contributed by atoms with Gasteiger partial charge in [-0.1, -0.05) is 15.9 Å². The molecule has 0 N–H and O–H groups in total. The van der Waals surface area contributed by atoms with Gasteiger partial charge in [-0.3, -0.25) is 0 Å². The summed E-state index contributed by atoms with van der Waals surface area (Å²) in [5.41, 5.74) is 0. The second-order valence-corrected chi connectivity index (χ2v) is 4.26. The molecule has 1 rings (SSSR count). The average Bonchev–Trinajstić information content (AvgIpc) is 1.65. The van der Waals surface area contributed by atoms with E-state index in [1.54, 1.807) is 0 Å². The van der Waals surface area contributed by atoms with Crippen LogP contribution in [0.4, 0.5) is 13.2 Å². The molecule has 2 unspecified atom stereocenters. The highest BCUT2D eigenvalue weighted by atomic mass is 79.9. The zero-order valence-corrected chi connectivity index (χ0v) is 7.35. The molecule has 0 aromatic carbocycles. The lowest BCUT2D eigenvalue weighted by Gasteiger charge is -2.42. The summed E-state index contributed by atoms with van der Waals surface area (Å²) in [6, 6.07) is 0. The van der Waals surface area contributed by atoms with Crippen LogP contribution in [0, 0.1) is 0 Å². The fourth-order valence-electron chi connectivity index (χ4n) is 0.587. The van der Waals surface area contributed by atoms with E-state index in [-0.39, 0.29) is 0 Å². The molecule has 5 heteroatoms. The Balaban J connectivity index is 2.70. The van der Waals surface area contributed by atoms with Crippen LogP contribution in [0.5, 0.6) is 0 Å². The average molecular weight is 268 g/mol. The van der Waals surface area contributed by atoms with Crippen LogP contribution in [-0.2, 0) is 0 Å². The van der Waals surface area contributed by atoms with Gasteiger partial charge in [0, 0.05) is 6.42 Å². The highest BCUT2D eigenvalue weighted by molar-refractivity contribution is 9.12. The van der Waals surface area contributed by atoms with Crippen molar-refractivity contribution in [2.75, 3.05) is 0 Å². The van der Waals surface area contributed by atoms with Gasteiger partial charge in [0.25, 0.3) is 5.92 Å². The summed E-state index contributed by atoms with van der Waals surface area (Å²) in [5.74, 6) is -3.21. The maximum Gasteiger partial charge on any atom is 0.293 e. The Hall–Kier alpha value is 0.750. The van der Waals surface area contributed by atoms with Gasteiger partial charge in [-0.05, 0) is 15.9 Å². The highest BCUT2D eigenvalue weighted by Gasteiger charge is 2.68. The van der Waals surface area contributed by atoms with Gasteiger partial charge >= 0.3 is 0 Å². The zero-order chi connectivity index (χ0) is 7.28. The minimum atomic E-state index is -3.21. The van der Waals surface area contributed by atoms with Gasteiger partial charge in [0.15, 0.2) is 0 Å². The second-order valence-electron chi connectivity index (χ2n) is 2.00. The summed E-state index contributed by atoms with van der Waals surface area (Å²) < 4.78 is 34.2. The van der Waals surface area contributed by atoms with E-state index in [1.807, 2.05) is 0 Å². The smallest absolute Gasteiger partial charge is 0.223 e. The van der Waals surface area contributed by atoms with Crippen molar-refractivity contribution in [3.05, 3.63) is 0 Å². The summed E-state index contributed by atoms with van der Waals surface area (Å²) in [6.45, 7) is 0. The summed E-state index contributed by atoms with van der Waals surface area (Å²) in [5, 5.41) is 0. The topological polar surface area (TPSA) is 0 Å². The van der Waals surface area contributed by atoms with Crippen LogP contribution in [-0.4, -0.2) is 15.3 Å². The van der Waals surface area contributed by atoms with E-state index in [9.17, 15) is 13.2 Å². The van der Waals surface area contributed by atoms with Gasteiger partial charge in [0.1, 0.15) is 0 Å². The third-order valence-electron chi connectivity index (χ3n) is 1.32. The van der Waals surface area contributed by atoms with Crippen molar-refractivity contribution in [3.63, 3.8) is 0 Å². The summed E-state index contributed by atoms with van der Waals surface area (Å²) >= 11 is 5.04. The van der Waals surface area contributed by atoms with E-state index in [0.29, 0.717) is 0 Å². The Morgan fingerprint density at radius 2 is 1.78 bits per heavy atom. The molecule has 1 aliphatic rings. The lowest BCUT2D eigenvalue weighted by Crippen LogP contribution is -2.58. The maximum atomic E-state index is 12.5. The van der Waals surface area contributed by atoms with Gasteiger partial charge < -0.3 is 0 Å². The Morgan fingerprint density at radius 3 is 1.78 bits per heavy atom.